The van der Waals surface area contributed by atoms with E-state index in [1.807, 2.05) is 41.1 Å². The first-order valence-corrected chi connectivity index (χ1v) is 8.28. The Bertz CT molecular complexity index is 779. The molecule has 1 unspecified atom stereocenters. The molecular formula is C21H22N2O. The van der Waals surface area contributed by atoms with Gasteiger partial charge in [0.15, 0.2) is 0 Å². The van der Waals surface area contributed by atoms with Gasteiger partial charge in [0, 0.05) is 18.0 Å². The summed E-state index contributed by atoms with van der Waals surface area (Å²) in [5.41, 5.74) is 3.03. The zero-order valence-electron chi connectivity index (χ0n) is 13.9. The topological polar surface area (TPSA) is 27.1 Å². The number of hydrogen-bond acceptors (Lipinski definition) is 2. The number of hydrogen-bond donors (Lipinski definition) is 0. The standard InChI is InChI=1S/C21H22N2O/c1-3-9-20(18-10-5-4-6-11-18)24-21-13-8-7-12-19(21)17(2)23-15-14-22-16-23/h4-8,10-16,20H,2-3,9H2,1H3. The van der Waals surface area contributed by atoms with Gasteiger partial charge in [-0.25, -0.2) is 4.98 Å². The molecule has 0 spiro atoms. The summed E-state index contributed by atoms with van der Waals surface area (Å²) >= 11 is 0. The number of imidazole rings is 1. The molecular weight excluding hydrogens is 296 g/mol. The quantitative estimate of drug-likeness (QED) is 0.589. The average Bonchev–Trinajstić information content (AvgIpc) is 3.17. The summed E-state index contributed by atoms with van der Waals surface area (Å²) in [5.74, 6) is 0.846. The Hall–Kier alpha value is -2.81. The molecule has 0 fully saturated rings. The van der Waals surface area contributed by atoms with E-state index < -0.39 is 0 Å². The van der Waals surface area contributed by atoms with Gasteiger partial charge in [0.05, 0.1) is 12.0 Å². The third-order valence-corrected chi connectivity index (χ3v) is 4.01. The summed E-state index contributed by atoms with van der Waals surface area (Å²) < 4.78 is 8.30. The minimum absolute atomic E-state index is 0.0351. The fraction of sp³-hybridized carbons (Fsp3) is 0.190. The highest BCUT2D eigenvalue weighted by atomic mass is 16.5. The highest BCUT2D eigenvalue weighted by Crippen LogP contribution is 2.32. The van der Waals surface area contributed by atoms with Gasteiger partial charge in [0.1, 0.15) is 11.9 Å². The Morgan fingerprint density at radius 3 is 2.58 bits per heavy atom. The van der Waals surface area contributed by atoms with Gasteiger partial charge in [-0.05, 0) is 24.1 Å². The molecule has 0 aliphatic carbocycles. The van der Waals surface area contributed by atoms with E-state index in [1.165, 1.54) is 5.56 Å². The number of aromatic nitrogens is 2. The minimum atomic E-state index is 0.0351. The lowest BCUT2D eigenvalue weighted by atomic mass is 10.0. The van der Waals surface area contributed by atoms with Gasteiger partial charge >= 0.3 is 0 Å². The van der Waals surface area contributed by atoms with Gasteiger partial charge in [-0.1, -0.05) is 62.4 Å². The van der Waals surface area contributed by atoms with Crippen LogP contribution in [0.2, 0.25) is 0 Å². The van der Waals surface area contributed by atoms with Crippen LogP contribution in [-0.4, -0.2) is 9.55 Å². The number of ether oxygens (including phenoxy) is 1. The number of nitrogens with zero attached hydrogens (tertiary/aromatic N) is 2. The predicted molar refractivity (Wildman–Crippen MR) is 97.8 cm³/mol. The monoisotopic (exact) mass is 318 g/mol. The summed E-state index contributed by atoms with van der Waals surface area (Å²) in [7, 11) is 0. The molecule has 24 heavy (non-hydrogen) atoms. The lowest BCUT2D eigenvalue weighted by Gasteiger charge is -2.22. The van der Waals surface area contributed by atoms with E-state index in [2.05, 4.69) is 42.8 Å². The van der Waals surface area contributed by atoms with E-state index in [1.54, 1.807) is 12.5 Å². The van der Waals surface area contributed by atoms with Crippen molar-refractivity contribution < 1.29 is 4.74 Å². The number of benzene rings is 2. The zero-order valence-corrected chi connectivity index (χ0v) is 13.9. The third kappa shape index (κ3) is 3.57. The Morgan fingerprint density at radius 1 is 1.12 bits per heavy atom. The lowest BCUT2D eigenvalue weighted by molar-refractivity contribution is 0.193. The molecule has 0 bridgehead atoms. The van der Waals surface area contributed by atoms with Gasteiger partial charge in [0.2, 0.25) is 0 Å². The molecule has 1 heterocycles. The molecule has 1 atom stereocenters. The molecule has 0 saturated carbocycles. The number of rotatable bonds is 7. The first kappa shape index (κ1) is 16.1. The van der Waals surface area contributed by atoms with Gasteiger partial charge in [0.25, 0.3) is 0 Å². The van der Waals surface area contributed by atoms with Crippen LogP contribution in [0.25, 0.3) is 5.70 Å². The highest BCUT2D eigenvalue weighted by Gasteiger charge is 2.15. The molecule has 3 heteroatoms. The molecule has 122 valence electrons. The average molecular weight is 318 g/mol. The van der Waals surface area contributed by atoms with E-state index in [4.69, 9.17) is 4.74 Å². The van der Waals surface area contributed by atoms with Gasteiger partial charge < -0.3 is 9.30 Å². The zero-order chi connectivity index (χ0) is 16.8. The van der Waals surface area contributed by atoms with E-state index in [0.717, 1.165) is 29.9 Å². The maximum atomic E-state index is 6.40. The van der Waals surface area contributed by atoms with Crippen molar-refractivity contribution in [1.82, 2.24) is 9.55 Å². The van der Waals surface area contributed by atoms with Crippen molar-refractivity contribution in [3.63, 3.8) is 0 Å². The molecule has 0 aliphatic rings. The maximum Gasteiger partial charge on any atom is 0.129 e. The van der Waals surface area contributed by atoms with Crippen LogP contribution in [0, 0.1) is 0 Å². The molecule has 2 aromatic carbocycles. The van der Waals surface area contributed by atoms with Crippen molar-refractivity contribution >= 4 is 5.70 Å². The summed E-state index contributed by atoms with van der Waals surface area (Å²) in [6, 6.07) is 18.4. The predicted octanol–water partition coefficient (Wildman–Crippen LogP) is 5.32. The molecule has 3 nitrogen and oxygen atoms in total. The van der Waals surface area contributed by atoms with Crippen molar-refractivity contribution in [2.24, 2.45) is 0 Å². The largest absolute Gasteiger partial charge is 0.485 e. The Morgan fingerprint density at radius 2 is 1.88 bits per heavy atom. The number of para-hydroxylation sites is 1. The summed E-state index contributed by atoms with van der Waals surface area (Å²) in [6.45, 7) is 6.37. The van der Waals surface area contributed by atoms with Crippen LogP contribution in [0.1, 0.15) is 37.0 Å². The molecule has 0 N–H and O–H groups in total. The van der Waals surface area contributed by atoms with Crippen molar-refractivity contribution in [2.45, 2.75) is 25.9 Å². The van der Waals surface area contributed by atoms with Gasteiger partial charge in [-0.3, -0.25) is 0 Å². The van der Waals surface area contributed by atoms with Crippen LogP contribution in [0.4, 0.5) is 0 Å². The van der Waals surface area contributed by atoms with Crippen molar-refractivity contribution in [2.75, 3.05) is 0 Å². The van der Waals surface area contributed by atoms with Crippen molar-refractivity contribution in [3.8, 4) is 5.75 Å². The smallest absolute Gasteiger partial charge is 0.129 e. The van der Waals surface area contributed by atoms with E-state index in [-0.39, 0.29) is 6.10 Å². The molecule has 0 saturated heterocycles. The second-order valence-electron chi connectivity index (χ2n) is 5.72. The Labute approximate surface area is 143 Å². The van der Waals surface area contributed by atoms with E-state index >= 15 is 0 Å². The third-order valence-electron chi connectivity index (χ3n) is 4.01. The van der Waals surface area contributed by atoms with E-state index in [9.17, 15) is 0 Å². The fourth-order valence-electron chi connectivity index (χ4n) is 2.74. The Balaban J connectivity index is 1.90. The summed E-state index contributed by atoms with van der Waals surface area (Å²) in [5, 5.41) is 0. The van der Waals surface area contributed by atoms with Crippen LogP contribution in [0.15, 0.2) is 79.9 Å². The molecule has 0 aliphatic heterocycles. The first-order valence-electron chi connectivity index (χ1n) is 8.28. The Kier molecular flexibility index (Phi) is 5.12. The van der Waals surface area contributed by atoms with Gasteiger partial charge in [-0.2, -0.15) is 0 Å². The SMILES string of the molecule is C=C(c1ccccc1OC(CCC)c1ccccc1)n1ccnc1. The molecule has 1 aromatic heterocycles. The van der Waals surface area contributed by atoms with Crippen LogP contribution in [0.5, 0.6) is 5.75 Å². The van der Waals surface area contributed by atoms with Gasteiger partial charge in [-0.15, -0.1) is 0 Å². The maximum absolute atomic E-state index is 6.40. The first-order chi connectivity index (χ1) is 11.8. The second kappa shape index (κ2) is 7.64. The summed E-state index contributed by atoms with van der Waals surface area (Å²) in [4.78, 5) is 4.10. The second-order valence-corrected chi connectivity index (χ2v) is 5.72. The highest BCUT2D eigenvalue weighted by molar-refractivity contribution is 5.68. The molecule has 0 radical (unpaired) electrons. The fourth-order valence-corrected chi connectivity index (χ4v) is 2.74. The van der Waals surface area contributed by atoms with E-state index in [0.29, 0.717) is 0 Å². The molecule has 0 amide bonds. The minimum Gasteiger partial charge on any atom is -0.485 e. The van der Waals surface area contributed by atoms with Crippen molar-refractivity contribution in [3.05, 3.63) is 91.0 Å². The normalized spacial score (nSPS) is 11.9. The van der Waals surface area contributed by atoms with Crippen LogP contribution in [0.3, 0.4) is 0 Å². The summed E-state index contributed by atoms with van der Waals surface area (Å²) in [6.07, 6.45) is 7.45. The van der Waals surface area contributed by atoms with Crippen LogP contribution < -0.4 is 4.74 Å². The lowest BCUT2D eigenvalue weighted by Crippen LogP contribution is -2.09. The van der Waals surface area contributed by atoms with Crippen LogP contribution in [-0.2, 0) is 0 Å². The van der Waals surface area contributed by atoms with Crippen molar-refractivity contribution in [1.29, 1.82) is 0 Å². The van der Waals surface area contributed by atoms with Crippen LogP contribution >= 0.6 is 0 Å². The molecule has 3 aromatic rings. The molecule has 3 rings (SSSR count).